The molecule has 3 rings (SSSR count). The second kappa shape index (κ2) is 9.38. The minimum atomic E-state index is -1.50. The van der Waals surface area contributed by atoms with Gasteiger partial charge in [-0.25, -0.2) is 0 Å². The summed E-state index contributed by atoms with van der Waals surface area (Å²) in [5.41, 5.74) is 8.88. The van der Waals surface area contributed by atoms with Crippen molar-refractivity contribution in [1.82, 2.24) is 0 Å². The fourth-order valence-electron chi connectivity index (χ4n) is 5.22. The van der Waals surface area contributed by atoms with Crippen molar-refractivity contribution in [3.63, 3.8) is 0 Å². The molecule has 0 nitrogen and oxygen atoms in total. The molecule has 2 atom stereocenters. The third-order valence-electron chi connectivity index (χ3n) is 7.35. The Morgan fingerprint density at radius 1 is 1.23 bits per heavy atom. The quantitative estimate of drug-likeness (QED) is 0.300. The van der Waals surface area contributed by atoms with Crippen molar-refractivity contribution >= 4 is 13.2 Å². The van der Waals surface area contributed by atoms with E-state index in [0.29, 0.717) is 5.92 Å². The zero-order valence-electron chi connectivity index (χ0n) is 20.8. The molecule has 0 aromatic carbocycles. The first kappa shape index (κ1) is 23.9. The van der Waals surface area contributed by atoms with Gasteiger partial charge >= 0.3 is 0 Å². The van der Waals surface area contributed by atoms with Crippen molar-refractivity contribution in [2.75, 3.05) is 6.66 Å². The molecule has 166 valence electrons. The zero-order chi connectivity index (χ0) is 22.8. The average molecular weight is 433 g/mol. The lowest BCUT2D eigenvalue weighted by Gasteiger charge is -2.28. The van der Waals surface area contributed by atoms with E-state index in [0.717, 1.165) is 19.3 Å². The van der Waals surface area contributed by atoms with Crippen molar-refractivity contribution in [1.29, 1.82) is 0 Å². The van der Waals surface area contributed by atoms with Crippen molar-refractivity contribution < 1.29 is 0 Å². The van der Waals surface area contributed by atoms with Crippen molar-refractivity contribution in [3.05, 3.63) is 93.2 Å². The summed E-state index contributed by atoms with van der Waals surface area (Å²) in [5, 5.41) is 1.50. The van der Waals surface area contributed by atoms with E-state index in [4.69, 9.17) is 0 Å². The maximum atomic E-state index is 4.68. The standard InChI is InChI=1S/C30H41P/c1-9-11-12-13-14-15-24-16-17-26-27-18-19-31(7,8)23(4)25(10-2)22(3)20-28(27)30(5,6)29(26)21-24/h9,11-13,17-21,24H,7,10,14-16H2,1-6,8H3/b11-9-,13-12-,19-18+,22-20+,25-23?. The summed E-state index contributed by atoms with van der Waals surface area (Å²) < 4.78 is 0. The highest BCUT2D eigenvalue weighted by molar-refractivity contribution is 7.79. The number of hydrogen-bond donors (Lipinski definition) is 0. The van der Waals surface area contributed by atoms with Gasteiger partial charge in [0.25, 0.3) is 0 Å². The summed E-state index contributed by atoms with van der Waals surface area (Å²) in [6.45, 7) is 14.7. The van der Waals surface area contributed by atoms with Gasteiger partial charge in [-0.1, -0.05) is 88.4 Å². The van der Waals surface area contributed by atoms with Crippen LogP contribution >= 0.6 is 6.89 Å². The van der Waals surface area contributed by atoms with Crippen LogP contribution in [0.2, 0.25) is 0 Å². The molecule has 1 aliphatic heterocycles. The molecule has 0 aromatic rings. The lowest BCUT2D eigenvalue weighted by Crippen LogP contribution is -2.16. The van der Waals surface area contributed by atoms with E-state index in [9.17, 15) is 0 Å². The average Bonchev–Trinajstić information content (AvgIpc) is 2.94. The van der Waals surface area contributed by atoms with Gasteiger partial charge in [-0.2, -0.15) is 0 Å². The maximum Gasteiger partial charge on any atom is 0.0155 e. The molecular formula is C30H41P. The highest BCUT2D eigenvalue weighted by Gasteiger charge is 2.40. The first-order valence-electron chi connectivity index (χ1n) is 11.9. The first-order valence-corrected chi connectivity index (χ1v) is 14.4. The Hall–Kier alpha value is -1.78. The molecule has 31 heavy (non-hydrogen) atoms. The van der Waals surface area contributed by atoms with Crippen LogP contribution in [0.3, 0.4) is 0 Å². The summed E-state index contributed by atoms with van der Waals surface area (Å²) in [5.74, 6) is 3.08. The van der Waals surface area contributed by atoms with E-state index in [-0.39, 0.29) is 5.41 Å². The van der Waals surface area contributed by atoms with E-state index in [1.807, 2.05) is 0 Å². The Morgan fingerprint density at radius 2 is 1.97 bits per heavy atom. The molecule has 0 N–H and O–H groups in total. The van der Waals surface area contributed by atoms with Gasteiger partial charge in [0.2, 0.25) is 0 Å². The minimum absolute atomic E-state index is 0.0410. The Morgan fingerprint density at radius 3 is 2.65 bits per heavy atom. The molecule has 0 saturated carbocycles. The normalized spacial score (nSPS) is 30.9. The highest BCUT2D eigenvalue weighted by atomic mass is 31.2. The maximum absolute atomic E-state index is 4.68. The third-order valence-corrected chi connectivity index (χ3v) is 9.96. The zero-order valence-corrected chi connectivity index (χ0v) is 21.7. The van der Waals surface area contributed by atoms with Crippen molar-refractivity contribution in [2.45, 2.75) is 67.2 Å². The van der Waals surface area contributed by atoms with Crippen LogP contribution in [0, 0.1) is 11.3 Å². The van der Waals surface area contributed by atoms with Gasteiger partial charge in [-0.15, -0.1) is 0 Å². The lowest BCUT2D eigenvalue weighted by atomic mass is 9.76. The molecule has 0 fully saturated rings. The Kier molecular flexibility index (Phi) is 7.22. The molecule has 2 aliphatic carbocycles. The summed E-state index contributed by atoms with van der Waals surface area (Å²) in [4.78, 5) is 0. The predicted molar refractivity (Wildman–Crippen MR) is 144 cm³/mol. The van der Waals surface area contributed by atoms with E-state index < -0.39 is 6.89 Å². The van der Waals surface area contributed by atoms with Crippen LogP contribution in [0.25, 0.3) is 0 Å². The summed E-state index contributed by atoms with van der Waals surface area (Å²) in [6.07, 6.45) is 27.9. The van der Waals surface area contributed by atoms with Gasteiger partial charge in [0.1, 0.15) is 0 Å². The fraction of sp³-hybridized carbons (Fsp3) is 0.433. The second-order valence-electron chi connectivity index (χ2n) is 10.0. The highest BCUT2D eigenvalue weighted by Crippen LogP contribution is 2.58. The van der Waals surface area contributed by atoms with Crippen molar-refractivity contribution in [2.24, 2.45) is 11.3 Å². The lowest BCUT2D eigenvalue weighted by molar-refractivity contribution is 0.537. The molecular weight excluding hydrogens is 391 g/mol. The molecule has 0 bridgehead atoms. The van der Waals surface area contributed by atoms with Gasteiger partial charge < -0.3 is 0 Å². The topological polar surface area (TPSA) is 0 Å². The largest absolute Gasteiger partial charge is 0.0937 e. The molecule has 2 unspecified atom stereocenters. The Labute approximate surface area is 191 Å². The third kappa shape index (κ3) is 4.70. The summed E-state index contributed by atoms with van der Waals surface area (Å²) in [6, 6.07) is 0. The fourth-order valence-corrected chi connectivity index (χ4v) is 6.87. The van der Waals surface area contributed by atoms with Gasteiger partial charge in [0, 0.05) is 5.41 Å². The summed E-state index contributed by atoms with van der Waals surface area (Å²) >= 11 is 0. The van der Waals surface area contributed by atoms with Crippen LogP contribution in [-0.2, 0) is 0 Å². The molecule has 3 aliphatic rings. The molecule has 0 aromatic heterocycles. The Bertz CT molecular complexity index is 1020. The van der Waals surface area contributed by atoms with Gasteiger partial charge in [-0.3, -0.25) is 0 Å². The predicted octanol–water partition coefficient (Wildman–Crippen LogP) is 9.34. The van der Waals surface area contributed by atoms with Gasteiger partial charge in [0.15, 0.2) is 0 Å². The molecule has 0 amide bonds. The van der Waals surface area contributed by atoms with Crippen LogP contribution in [0.5, 0.6) is 0 Å². The number of rotatable bonds is 5. The van der Waals surface area contributed by atoms with Gasteiger partial charge in [0.05, 0.1) is 0 Å². The van der Waals surface area contributed by atoms with Crippen LogP contribution in [0.15, 0.2) is 93.2 Å². The second-order valence-corrected chi connectivity index (χ2v) is 13.5. The van der Waals surface area contributed by atoms with E-state index >= 15 is 0 Å². The molecule has 1 heteroatoms. The number of hydrogen-bond acceptors (Lipinski definition) is 0. The molecule has 1 heterocycles. The first-order chi connectivity index (χ1) is 14.6. The van der Waals surface area contributed by atoms with Crippen molar-refractivity contribution in [3.8, 4) is 0 Å². The molecule has 0 spiro atoms. The SMILES string of the molecule is C=P1(C)/C=C/C2=C(/C=C(\C)C(CC)=C1C)C(C)(C)C1=CC(CC/C=C\C=C/C)CC=C12. The van der Waals surface area contributed by atoms with Crippen LogP contribution in [0.1, 0.15) is 67.2 Å². The van der Waals surface area contributed by atoms with Crippen LogP contribution < -0.4 is 0 Å². The molecule has 0 radical (unpaired) electrons. The van der Waals surface area contributed by atoms with E-state index in [1.54, 1.807) is 0 Å². The van der Waals surface area contributed by atoms with Gasteiger partial charge in [-0.05, 0) is 97.8 Å². The smallest absolute Gasteiger partial charge is 0.0155 e. The van der Waals surface area contributed by atoms with Crippen LogP contribution in [0.4, 0.5) is 0 Å². The van der Waals surface area contributed by atoms with E-state index in [1.165, 1.54) is 45.2 Å². The Balaban J connectivity index is 2.02. The monoisotopic (exact) mass is 432 g/mol. The number of fused-ring (bicyclic) bond motifs is 2. The summed E-state index contributed by atoms with van der Waals surface area (Å²) in [7, 11) is 0. The minimum Gasteiger partial charge on any atom is -0.0937 e. The molecule has 0 saturated heterocycles. The number of allylic oxidation sites excluding steroid dienone is 15. The van der Waals surface area contributed by atoms with E-state index in [2.05, 4.69) is 109 Å². The van der Waals surface area contributed by atoms with Crippen LogP contribution in [-0.4, -0.2) is 13.0 Å².